The summed E-state index contributed by atoms with van der Waals surface area (Å²) in [7, 11) is -3.58. The van der Waals surface area contributed by atoms with Crippen LogP contribution in [0.15, 0.2) is 79.3 Å². The maximum absolute atomic E-state index is 14.5. The molecular weight excluding hydrogens is 446 g/mol. The van der Waals surface area contributed by atoms with E-state index in [1.807, 2.05) is 36.5 Å². The molecule has 2 heterocycles. The molecule has 166 valence electrons. The number of fused-ring (bicyclic) bond motifs is 1. The van der Waals surface area contributed by atoms with Crippen molar-refractivity contribution in [1.29, 1.82) is 0 Å². The van der Waals surface area contributed by atoms with E-state index in [1.165, 1.54) is 12.1 Å². The van der Waals surface area contributed by atoms with Crippen LogP contribution in [0.1, 0.15) is 0 Å². The Kier molecular flexibility index (Phi) is 4.98. The number of benzene rings is 3. The Morgan fingerprint density at radius 1 is 0.970 bits per heavy atom. The van der Waals surface area contributed by atoms with E-state index < -0.39 is 21.7 Å². The molecule has 0 saturated heterocycles. The molecule has 0 bridgehead atoms. The topological polar surface area (TPSA) is 79.8 Å². The summed E-state index contributed by atoms with van der Waals surface area (Å²) in [6.07, 6.45) is 4.49. The second-order valence-electron chi connectivity index (χ2n) is 7.67. The number of rotatable bonds is 5. The molecule has 0 unspecified atom stereocenters. The molecule has 0 aliphatic heterocycles. The van der Waals surface area contributed by atoms with E-state index >= 15 is 0 Å². The van der Waals surface area contributed by atoms with Crippen LogP contribution in [0.5, 0.6) is 0 Å². The van der Waals surface area contributed by atoms with Gasteiger partial charge < -0.3 is 4.98 Å². The second-order valence-corrected chi connectivity index (χ2v) is 9.42. The third kappa shape index (κ3) is 4.22. The number of hydrogen-bond donors (Lipinski definition) is 2. The Morgan fingerprint density at radius 3 is 2.55 bits per heavy atom. The van der Waals surface area contributed by atoms with Crippen LogP contribution in [0.25, 0.3) is 39.1 Å². The van der Waals surface area contributed by atoms with Gasteiger partial charge in [0, 0.05) is 34.8 Å². The molecule has 0 amide bonds. The molecule has 0 aliphatic carbocycles. The van der Waals surface area contributed by atoms with Crippen molar-refractivity contribution >= 4 is 26.7 Å². The lowest BCUT2D eigenvalue weighted by Crippen LogP contribution is -2.10. The van der Waals surface area contributed by atoms with Gasteiger partial charge in [0.15, 0.2) is 0 Å². The minimum absolute atomic E-state index is 0.147. The van der Waals surface area contributed by atoms with Gasteiger partial charge in [-0.05, 0) is 60.2 Å². The van der Waals surface area contributed by atoms with Crippen molar-refractivity contribution in [1.82, 2.24) is 14.5 Å². The molecule has 0 spiro atoms. The molecule has 0 aliphatic rings. The first-order valence-corrected chi connectivity index (χ1v) is 11.9. The van der Waals surface area contributed by atoms with Gasteiger partial charge in [0.2, 0.25) is 10.0 Å². The Bertz CT molecular complexity index is 1590. The van der Waals surface area contributed by atoms with E-state index in [9.17, 15) is 17.2 Å². The normalized spacial score (nSPS) is 11.7. The lowest BCUT2D eigenvalue weighted by atomic mass is 10.0. The fourth-order valence-electron chi connectivity index (χ4n) is 3.80. The maximum atomic E-state index is 14.5. The molecular formula is C24H18F2N4O2S. The highest BCUT2D eigenvalue weighted by molar-refractivity contribution is 7.92. The summed E-state index contributed by atoms with van der Waals surface area (Å²) in [5, 5.41) is 0. The minimum atomic E-state index is -3.58. The van der Waals surface area contributed by atoms with Crippen molar-refractivity contribution in [3.63, 3.8) is 0 Å². The summed E-state index contributed by atoms with van der Waals surface area (Å²) in [6.45, 7) is 0. The van der Waals surface area contributed by atoms with E-state index in [4.69, 9.17) is 0 Å². The molecule has 3 aromatic carbocycles. The summed E-state index contributed by atoms with van der Waals surface area (Å²) in [4.78, 5) is 7.65. The average molecular weight is 464 g/mol. The molecule has 6 nitrogen and oxygen atoms in total. The predicted octanol–water partition coefficient (Wildman–Crippen LogP) is 5.34. The van der Waals surface area contributed by atoms with E-state index in [2.05, 4.69) is 14.7 Å². The number of nitrogens with zero attached hydrogens (tertiary/aromatic N) is 2. The fraction of sp³-hybridized carbons (Fsp3) is 0.0417. The lowest BCUT2D eigenvalue weighted by Gasteiger charge is -2.13. The Hall–Kier alpha value is -3.98. The number of sulfonamides is 1. The van der Waals surface area contributed by atoms with E-state index in [-0.39, 0.29) is 11.3 Å². The number of hydrogen-bond acceptors (Lipinski definition) is 3. The van der Waals surface area contributed by atoms with Crippen LogP contribution in [0.4, 0.5) is 14.5 Å². The highest BCUT2D eigenvalue weighted by Crippen LogP contribution is 2.31. The Labute approximate surface area is 188 Å². The SMILES string of the molecule is CS(=O)(=O)Nc1cc(-c2ccc(F)cc2F)cc(-n2cnc3cc(-c4ccc[nH]4)ccc32)c1. The summed E-state index contributed by atoms with van der Waals surface area (Å²) in [5.41, 5.74) is 4.80. The van der Waals surface area contributed by atoms with Crippen LogP contribution in [0.3, 0.4) is 0 Å². The summed E-state index contributed by atoms with van der Waals surface area (Å²) in [5.74, 6) is -1.44. The van der Waals surface area contributed by atoms with Crippen LogP contribution in [0.2, 0.25) is 0 Å². The summed E-state index contributed by atoms with van der Waals surface area (Å²) in [6, 6.07) is 17.8. The maximum Gasteiger partial charge on any atom is 0.229 e. The highest BCUT2D eigenvalue weighted by Gasteiger charge is 2.14. The smallest absolute Gasteiger partial charge is 0.229 e. The first-order valence-electron chi connectivity index (χ1n) is 9.96. The van der Waals surface area contributed by atoms with Crippen LogP contribution in [0, 0.1) is 11.6 Å². The first kappa shape index (κ1) is 20.9. The van der Waals surface area contributed by atoms with Gasteiger partial charge in [-0.25, -0.2) is 22.2 Å². The number of halogens is 2. The van der Waals surface area contributed by atoms with E-state index in [0.717, 1.165) is 40.7 Å². The molecule has 0 fully saturated rings. The molecule has 0 radical (unpaired) electrons. The minimum Gasteiger partial charge on any atom is -0.361 e. The number of aromatic nitrogens is 3. The summed E-state index contributed by atoms with van der Waals surface area (Å²) < 4.78 is 55.9. The predicted molar refractivity (Wildman–Crippen MR) is 125 cm³/mol. The zero-order valence-electron chi connectivity index (χ0n) is 17.4. The Balaban J connectivity index is 1.67. The van der Waals surface area contributed by atoms with Crippen molar-refractivity contribution < 1.29 is 17.2 Å². The molecule has 0 saturated carbocycles. The fourth-order valence-corrected chi connectivity index (χ4v) is 4.34. The number of anilines is 1. The quantitative estimate of drug-likeness (QED) is 0.369. The third-order valence-electron chi connectivity index (χ3n) is 5.20. The molecule has 33 heavy (non-hydrogen) atoms. The molecule has 5 rings (SSSR count). The van der Waals surface area contributed by atoms with Crippen molar-refractivity contribution in [3.05, 3.63) is 90.9 Å². The number of imidazole rings is 1. The molecule has 0 atom stereocenters. The molecule has 2 N–H and O–H groups in total. The van der Waals surface area contributed by atoms with Gasteiger partial charge in [0.25, 0.3) is 0 Å². The van der Waals surface area contributed by atoms with Crippen molar-refractivity contribution in [2.45, 2.75) is 0 Å². The molecule has 2 aromatic heterocycles. The Morgan fingerprint density at radius 2 is 1.82 bits per heavy atom. The van der Waals surface area contributed by atoms with Crippen LogP contribution in [-0.4, -0.2) is 29.2 Å². The number of nitrogens with one attached hydrogen (secondary N) is 2. The van der Waals surface area contributed by atoms with Gasteiger partial charge in [-0.2, -0.15) is 0 Å². The number of aromatic amines is 1. The number of H-pyrrole nitrogens is 1. The zero-order chi connectivity index (χ0) is 23.2. The van der Waals surface area contributed by atoms with Gasteiger partial charge in [-0.3, -0.25) is 9.29 Å². The highest BCUT2D eigenvalue weighted by atomic mass is 32.2. The van der Waals surface area contributed by atoms with E-state index in [1.54, 1.807) is 23.0 Å². The van der Waals surface area contributed by atoms with Crippen molar-refractivity contribution in [3.8, 4) is 28.1 Å². The first-order chi connectivity index (χ1) is 15.8. The largest absolute Gasteiger partial charge is 0.361 e. The molecule has 9 heteroatoms. The van der Waals surface area contributed by atoms with Crippen LogP contribution in [-0.2, 0) is 10.0 Å². The van der Waals surface area contributed by atoms with Gasteiger partial charge in [-0.1, -0.05) is 6.07 Å². The van der Waals surface area contributed by atoms with Crippen molar-refractivity contribution in [2.75, 3.05) is 11.0 Å². The van der Waals surface area contributed by atoms with Crippen LogP contribution < -0.4 is 4.72 Å². The van der Waals surface area contributed by atoms with Gasteiger partial charge >= 0.3 is 0 Å². The third-order valence-corrected chi connectivity index (χ3v) is 5.80. The second kappa shape index (κ2) is 7.86. The lowest BCUT2D eigenvalue weighted by molar-refractivity contribution is 0.585. The average Bonchev–Trinajstić information content (AvgIpc) is 3.42. The zero-order valence-corrected chi connectivity index (χ0v) is 18.2. The van der Waals surface area contributed by atoms with Gasteiger partial charge in [0.1, 0.15) is 18.0 Å². The standard InChI is InChI=1S/C24H18F2N4O2S/c1-33(31,32)29-18-9-16(20-6-5-17(25)12-21(20)26)10-19(13-18)30-14-28-23-11-15(4-7-24(23)30)22-3-2-8-27-22/h2-14,27,29H,1H3. The summed E-state index contributed by atoms with van der Waals surface area (Å²) >= 11 is 0. The van der Waals surface area contributed by atoms with Crippen LogP contribution >= 0.6 is 0 Å². The molecule has 5 aromatic rings. The van der Waals surface area contributed by atoms with E-state index in [0.29, 0.717) is 11.3 Å². The van der Waals surface area contributed by atoms with Crippen molar-refractivity contribution in [2.24, 2.45) is 0 Å². The van der Waals surface area contributed by atoms with Gasteiger partial charge in [-0.15, -0.1) is 0 Å². The monoisotopic (exact) mass is 464 g/mol. The van der Waals surface area contributed by atoms with Gasteiger partial charge in [0.05, 0.1) is 23.0 Å².